The second-order valence-corrected chi connectivity index (χ2v) is 6.13. The maximum atomic E-state index is 12.4. The van der Waals surface area contributed by atoms with E-state index in [1.807, 2.05) is 13.8 Å². The largest absolute Gasteiger partial charge is 0.471 e. The third kappa shape index (κ3) is 5.51. The number of piperidine rings is 1. The first kappa shape index (κ1) is 23.0. The van der Waals surface area contributed by atoms with Crippen molar-refractivity contribution < 1.29 is 22.8 Å². The van der Waals surface area contributed by atoms with E-state index >= 15 is 0 Å². The van der Waals surface area contributed by atoms with E-state index in [9.17, 15) is 22.8 Å². The lowest BCUT2D eigenvalue weighted by Gasteiger charge is -2.34. The molecule has 5 nitrogen and oxygen atoms in total. The van der Waals surface area contributed by atoms with Crippen molar-refractivity contribution in [1.29, 1.82) is 0 Å². The van der Waals surface area contributed by atoms with Crippen LogP contribution in [-0.4, -0.2) is 49.1 Å². The Bertz CT molecular complexity index is 412. The Morgan fingerprint density at radius 2 is 1.67 bits per heavy atom. The van der Waals surface area contributed by atoms with Crippen LogP contribution in [0.1, 0.15) is 39.5 Å². The van der Waals surface area contributed by atoms with Gasteiger partial charge in [0, 0.05) is 26.2 Å². The number of likely N-dealkylation sites (tertiary alicyclic amines) is 1. The molecule has 1 rings (SSSR count). The van der Waals surface area contributed by atoms with E-state index in [0.717, 1.165) is 4.90 Å². The molecule has 0 unspecified atom stereocenters. The Morgan fingerprint density at radius 3 is 2.04 bits per heavy atom. The number of hydrogen-bond acceptors (Lipinski definition) is 3. The fourth-order valence-electron chi connectivity index (χ4n) is 2.90. The molecule has 0 spiro atoms. The number of amides is 2. The van der Waals surface area contributed by atoms with Crippen molar-refractivity contribution in [2.24, 2.45) is 17.1 Å². The van der Waals surface area contributed by atoms with E-state index < -0.39 is 17.5 Å². The highest BCUT2D eigenvalue weighted by molar-refractivity contribution is 5.85. The predicted molar refractivity (Wildman–Crippen MR) is 87.7 cm³/mol. The zero-order chi connectivity index (χ0) is 17.7. The van der Waals surface area contributed by atoms with Gasteiger partial charge in [-0.1, -0.05) is 13.8 Å². The topological polar surface area (TPSA) is 75.4 Å². The number of rotatable bonds is 6. The molecule has 3 N–H and O–H groups in total. The normalized spacial score (nSPS) is 16.5. The molecule has 0 aromatic carbocycles. The molecule has 0 aromatic rings. The fourth-order valence-corrected chi connectivity index (χ4v) is 2.90. The Labute approximate surface area is 146 Å². The van der Waals surface area contributed by atoms with Gasteiger partial charge in [-0.3, -0.25) is 9.59 Å². The summed E-state index contributed by atoms with van der Waals surface area (Å²) in [5, 5.41) is 2.88. The van der Waals surface area contributed by atoms with Crippen molar-refractivity contribution in [3.8, 4) is 0 Å². The summed E-state index contributed by atoms with van der Waals surface area (Å²) in [6.45, 7) is 4.65. The van der Waals surface area contributed by atoms with E-state index in [4.69, 9.17) is 5.73 Å². The van der Waals surface area contributed by atoms with Gasteiger partial charge in [0.1, 0.15) is 0 Å². The van der Waals surface area contributed by atoms with Crippen LogP contribution in [0, 0.1) is 11.3 Å². The maximum absolute atomic E-state index is 12.4. The Kier molecular flexibility index (Phi) is 9.06. The van der Waals surface area contributed by atoms with Gasteiger partial charge < -0.3 is 16.0 Å². The van der Waals surface area contributed by atoms with Crippen LogP contribution in [0.2, 0.25) is 0 Å². The molecular weight excluding hydrogens is 347 g/mol. The summed E-state index contributed by atoms with van der Waals surface area (Å²) >= 11 is 0. The minimum Gasteiger partial charge on any atom is -0.355 e. The highest BCUT2D eigenvalue weighted by Gasteiger charge is 2.43. The number of halogens is 4. The molecule has 1 heterocycles. The van der Waals surface area contributed by atoms with Gasteiger partial charge in [-0.25, -0.2) is 0 Å². The van der Waals surface area contributed by atoms with Gasteiger partial charge in [0.15, 0.2) is 0 Å². The lowest BCUT2D eigenvalue weighted by atomic mass is 9.81. The van der Waals surface area contributed by atoms with Crippen molar-refractivity contribution in [3.05, 3.63) is 0 Å². The van der Waals surface area contributed by atoms with Crippen LogP contribution in [0.3, 0.4) is 0 Å². The summed E-state index contributed by atoms with van der Waals surface area (Å²) in [6, 6.07) is 0. The minimum atomic E-state index is -4.82. The second kappa shape index (κ2) is 9.46. The van der Waals surface area contributed by atoms with Gasteiger partial charge in [-0.15, -0.1) is 12.4 Å². The molecule has 0 radical (unpaired) electrons. The van der Waals surface area contributed by atoms with Crippen LogP contribution in [0.15, 0.2) is 0 Å². The van der Waals surface area contributed by atoms with Crippen LogP contribution < -0.4 is 11.1 Å². The van der Waals surface area contributed by atoms with Gasteiger partial charge in [0.25, 0.3) is 0 Å². The van der Waals surface area contributed by atoms with Crippen LogP contribution in [0.25, 0.3) is 0 Å². The molecule has 1 fully saturated rings. The highest BCUT2D eigenvalue weighted by atomic mass is 35.5. The summed E-state index contributed by atoms with van der Waals surface area (Å²) in [4.78, 5) is 24.3. The van der Waals surface area contributed by atoms with E-state index in [1.165, 1.54) is 0 Å². The predicted octanol–water partition coefficient (Wildman–Crippen LogP) is 2.09. The number of carbonyl (C=O) groups is 2. The molecular formula is C15H27ClF3N3O2. The monoisotopic (exact) mass is 373 g/mol. The number of nitrogens with two attached hydrogens (primary N) is 1. The molecule has 0 saturated carbocycles. The van der Waals surface area contributed by atoms with Gasteiger partial charge in [-0.05, 0) is 31.6 Å². The molecule has 142 valence electrons. The Morgan fingerprint density at radius 1 is 1.17 bits per heavy atom. The second-order valence-electron chi connectivity index (χ2n) is 6.13. The summed E-state index contributed by atoms with van der Waals surface area (Å²) in [7, 11) is 0. The van der Waals surface area contributed by atoms with Crippen LogP contribution in [0.5, 0.6) is 0 Å². The Balaban J connectivity index is 0.00000529. The lowest BCUT2D eigenvalue weighted by Crippen LogP contribution is -2.49. The number of carbonyl (C=O) groups excluding carboxylic acids is 2. The van der Waals surface area contributed by atoms with Gasteiger partial charge in [-0.2, -0.15) is 13.2 Å². The lowest BCUT2D eigenvalue weighted by molar-refractivity contribution is -0.186. The number of alkyl halides is 3. The summed E-state index contributed by atoms with van der Waals surface area (Å²) in [5.74, 6) is -1.79. The average molecular weight is 374 g/mol. The summed E-state index contributed by atoms with van der Waals surface area (Å²) in [5.41, 5.74) is 5.14. The third-order valence-electron chi connectivity index (χ3n) is 4.92. The number of nitrogens with zero attached hydrogens (tertiary/aromatic N) is 1. The maximum Gasteiger partial charge on any atom is 0.471 e. The third-order valence-corrected chi connectivity index (χ3v) is 4.92. The SMILES string of the molecule is CCC(CC)(CN)C(=O)NCC1CCN(C(=O)C(F)(F)F)CC1.Cl. The van der Waals surface area contributed by atoms with Gasteiger partial charge >= 0.3 is 12.1 Å². The van der Waals surface area contributed by atoms with E-state index in [1.54, 1.807) is 0 Å². The molecule has 24 heavy (non-hydrogen) atoms. The first-order valence-electron chi connectivity index (χ1n) is 8.04. The molecule has 2 amide bonds. The molecule has 0 aromatic heterocycles. The van der Waals surface area contributed by atoms with Crippen molar-refractivity contribution >= 4 is 24.2 Å². The van der Waals surface area contributed by atoms with Crippen molar-refractivity contribution in [3.63, 3.8) is 0 Å². The number of nitrogens with one attached hydrogen (secondary N) is 1. The molecule has 1 saturated heterocycles. The molecule has 1 aliphatic rings. The van der Waals surface area contributed by atoms with Crippen LogP contribution in [0.4, 0.5) is 13.2 Å². The van der Waals surface area contributed by atoms with Crippen LogP contribution >= 0.6 is 12.4 Å². The first-order chi connectivity index (χ1) is 10.7. The average Bonchev–Trinajstić information content (AvgIpc) is 2.54. The summed E-state index contributed by atoms with van der Waals surface area (Å²) in [6.07, 6.45) is -2.62. The first-order valence-corrected chi connectivity index (χ1v) is 8.04. The zero-order valence-corrected chi connectivity index (χ0v) is 14.9. The zero-order valence-electron chi connectivity index (χ0n) is 14.1. The molecule has 0 atom stereocenters. The van der Waals surface area contributed by atoms with Crippen molar-refractivity contribution in [1.82, 2.24) is 10.2 Å². The Hall–Kier alpha value is -1.02. The van der Waals surface area contributed by atoms with Gasteiger partial charge in [0.05, 0.1) is 5.41 Å². The van der Waals surface area contributed by atoms with E-state index in [-0.39, 0.29) is 43.9 Å². The smallest absolute Gasteiger partial charge is 0.355 e. The van der Waals surface area contributed by atoms with E-state index in [2.05, 4.69) is 5.32 Å². The molecule has 1 aliphatic heterocycles. The number of hydrogen-bond donors (Lipinski definition) is 2. The van der Waals surface area contributed by atoms with Crippen molar-refractivity contribution in [2.75, 3.05) is 26.2 Å². The molecule has 9 heteroatoms. The minimum absolute atomic E-state index is 0. The van der Waals surface area contributed by atoms with Gasteiger partial charge in [0.2, 0.25) is 5.91 Å². The quantitative estimate of drug-likeness (QED) is 0.748. The van der Waals surface area contributed by atoms with Crippen molar-refractivity contribution in [2.45, 2.75) is 45.7 Å². The summed E-state index contributed by atoms with van der Waals surface area (Å²) < 4.78 is 37.1. The standard InChI is InChI=1S/C15H26F3N3O2.ClH/c1-3-14(4-2,10-19)12(22)20-9-11-5-7-21(8-6-11)13(23)15(16,17)18;/h11H,3-10,19H2,1-2H3,(H,20,22);1H. The highest BCUT2D eigenvalue weighted by Crippen LogP contribution is 2.26. The molecule has 0 bridgehead atoms. The fraction of sp³-hybridized carbons (Fsp3) is 0.867. The van der Waals surface area contributed by atoms with Crippen LogP contribution in [-0.2, 0) is 9.59 Å². The van der Waals surface area contributed by atoms with E-state index in [0.29, 0.717) is 32.2 Å². The molecule has 0 aliphatic carbocycles.